The van der Waals surface area contributed by atoms with E-state index in [1.165, 1.54) is 0 Å². The van der Waals surface area contributed by atoms with Gasteiger partial charge in [0, 0.05) is 23.2 Å². The van der Waals surface area contributed by atoms with Crippen molar-refractivity contribution in [2.24, 2.45) is 0 Å². The molecule has 1 aromatic carbocycles. The Morgan fingerprint density at radius 3 is 2.88 bits per heavy atom. The Morgan fingerprint density at radius 2 is 2.24 bits per heavy atom. The Bertz CT molecular complexity index is 368. The van der Waals surface area contributed by atoms with Gasteiger partial charge in [0.1, 0.15) is 0 Å². The predicted molar refractivity (Wildman–Crippen MR) is 72.5 cm³/mol. The van der Waals surface area contributed by atoms with Crippen LogP contribution in [0.4, 0.5) is 0 Å². The van der Waals surface area contributed by atoms with E-state index in [1.807, 2.05) is 43.1 Å². The van der Waals surface area contributed by atoms with Crippen LogP contribution in [0.1, 0.15) is 17.3 Å². The Labute approximate surface area is 111 Å². The lowest BCUT2D eigenvalue weighted by Gasteiger charge is -2.15. The smallest absolute Gasteiger partial charge is 0.176 e. The highest BCUT2D eigenvalue weighted by Gasteiger charge is 2.09. The van der Waals surface area contributed by atoms with Crippen molar-refractivity contribution in [1.82, 2.24) is 4.90 Å². The van der Waals surface area contributed by atoms with Crippen LogP contribution in [0.25, 0.3) is 0 Å². The molecule has 0 saturated carbocycles. The third-order valence-corrected chi connectivity index (χ3v) is 2.87. The van der Waals surface area contributed by atoms with Gasteiger partial charge < -0.3 is 4.74 Å². The summed E-state index contributed by atoms with van der Waals surface area (Å²) >= 11 is 3.36. The summed E-state index contributed by atoms with van der Waals surface area (Å²) in [5, 5.41) is 0. The van der Waals surface area contributed by atoms with Crippen LogP contribution in [0.15, 0.2) is 28.7 Å². The zero-order chi connectivity index (χ0) is 12.7. The Balaban J connectivity index is 2.43. The number of nitrogens with zero attached hydrogens (tertiary/aromatic N) is 1. The van der Waals surface area contributed by atoms with Gasteiger partial charge in [-0.3, -0.25) is 9.69 Å². The number of rotatable bonds is 7. The van der Waals surface area contributed by atoms with Crippen molar-refractivity contribution in [1.29, 1.82) is 0 Å². The van der Waals surface area contributed by atoms with E-state index in [4.69, 9.17) is 4.74 Å². The van der Waals surface area contributed by atoms with Crippen molar-refractivity contribution in [2.75, 3.05) is 33.4 Å². The first kappa shape index (κ1) is 14.4. The van der Waals surface area contributed by atoms with Gasteiger partial charge in [-0.15, -0.1) is 0 Å². The van der Waals surface area contributed by atoms with E-state index in [0.717, 1.165) is 16.6 Å². The molecule has 4 heteroatoms. The average molecular weight is 300 g/mol. The summed E-state index contributed by atoms with van der Waals surface area (Å²) in [4.78, 5) is 13.9. The number of likely N-dealkylation sites (N-methyl/N-ethyl adjacent to an activating group) is 1. The molecule has 94 valence electrons. The van der Waals surface area contributed by atoms with Crippen LogP contribution in [0.3, 0.4) is 0 Å². The van der Waals surface area contributed by atoms with Gasteiger partial charge in [-0.2, -0.15) is 0 Å². The van der Waals surface area contributed by atoms with Crippen LogP contribution in [-0.2, 0) is 4.74 Å². The van der Waals surface area contributed by atoms with Crippen molar-refractivity contribution >= 4 is 21.7 Å². The zero-order valence-electron chi connectivity index (χ0n) is 10.3. The van der Waals surface area contributed by atoms with Crippen LogP contribution >= 0.6 is 15.9 Å². The average Bonchev–Trinajstić information content (AvgIpc) is 2.29. The minimum atomic E-state index is 0.130. The standard InChI is InChI=1S/C13H18BrNO2/c1-3-17-8-7-15(2)10-13(16)11-5-4-6-12(14)9-11/h4-6,9H,3,7-8,10H2,1-2H3. The summed E-state index contributed by atoms with van der Waals surface area (Å²) in [5.74, 6) is 0.130. The number of ketones is 1. The molecule has 0 fully saturated rings. The van der Waals surface area contributed by atoms with Crippen molar-refractivity contribution in [3.63, 3.8) is 0 Å². The molecule has 0 saturated heterocycles. The van der Waals surface area contributed by atoms with Crippen molar-refractivity contribution in [3.8, 4) is 0 Å². The molecule has 0 aromatic heterocycles. The highest BCUT2D eigenvalue weighted by atomic mass is 79.9. The van der Waals surface area contributed by atoms with Crippen molar-refractivity contribution < 1.29 is 9.53 Å². The highest BCUT2D eigenvalue weighted by molar-refractivity contribution is 9.10. The van der Waals surface area contributed by atoms with Gasteiger partial charge in [0.15, 0.2) is 5.78 Å². The maximum atomic E-state index is 11.9. The first-order chi connectivity index (χ1) is 8.13. The number of ether oxygens (including phenoxy) is 1. The number of carbonyl (C=O) groups is 1. The molecule has 0 unspecified atom stereocenters. The number of hydrogen-bond donors (Lipinski definition) is 0. The maximum Gasteiger partial charge on any atom is 0.176 e. The molecule has 0 aliphatic carbocycles. The summed E-state index contributed by atoms with van der Waals surface area (Å²) in [6.45, 7) is 4.54. The summed E-state index contributed by atoms with van der Waals surface area (Å²) in [6.07, 6.45) is 0. The molecule has 0 radical (unpaired) electrons. The second kappa shape index (κ2) is 7.58. The summed E-state index contributed by atoms with van der Waals surface area (Å²) < 4.78 is 6.18. The molecule has 3 nitrogen and oxygen atoms in total. The van der Waals surface area contributed by atoms with E-state index in [1.54, 1.807) is 0 Å². The van der Waals surface area contributed by atoms with Crippen LogP contribution in [0, 0.1) is 0 Å². The molecule has 0 bridgehead atoms. The first-order valence-corrected chi connectivity index (χ1v) is 6.48. The second-order valence-electron chi connectivity index (χ2n) is 3.87. The lowest BCUT2D eigenvalue weighted by molar-refractivity contribution is 0.0896. The molecule has 1 rings (SSSR count). The number of hydrogen-bond acceptors (Lipinski definition) is 3. The van der Waals surface area contributed by atoms with E-state index in [-0.39, 0.29) is 5.78 Å². The summed E-state index contributed by atoms with van der Waals surface area (Å²) in [5.41, 5.74) is 0.739. The van der Waals surface area contributed by atoms with Crippen LogP contribution in [0.2, 0.25) is 0 Å². The second-order valence-corrected chi connectivity index (χ2v) is 4.78. The van der Waals surface area contributed by atoms with E-state index < -0.39 is 0 Å². The molecule has 0 aliphatic rings. The lowest BCUT2D eigenvalue weighted by Crippen LogP contribution is -2.29. The molecule has 0 spiro atoms. The van der Waals surface area contributed by atoms with E-state index in [0.29, 0.717) is 19.8 Å². The number of Topliss-reactive ketones (excluding diaryl/α,β-unsaturated/α-hetero) is 1. The van der Waals surface area contributed by atoms with Gasteiger partial charge in [-0.25, -0.2) is 0 Å². The third kappa shape index (κ3) is 5.44. The molecular weight excluding hydrogens is 282 g/mol. The minimum Gasteiger partial charge on any atom is -0.380 e. The molecule has 0 atom stereocenters. The van der Waals surface area contributed by atoms with Crippen molar-refractivity contribution in [2.45, 2.75) is 6.92 Å². The highest BCUT2D eigenvalue weighted by Crippen LogP contribution is 2.12. The van der Waals surface area contributed by atoms with Gasteiger partial charge in [-0.1, -0.05) is 28.1 Å². The largest absolute Gasteiger partial charge is 0.380 e. The lowest BCUT2D eigenvalue weighted by atomic mass is 10.1. The van der Waals surface area contributed by atoms with Crippen LogP contribution in [-0.4, -0.2) is 44.0 Å². The number of carbonyl (C=O) groups excluding carboxylic acids is 1. The molecule has 0 heterocycles. The topological polar surface area (TPSA) is 29.5 Å². The Kier molecular flexibility index (Phi) is 6.40. The van der Waals surface area contributed by atoms with E-state index in [2.05, 4.69) is 15.9 Å². The Hall–Kier alpha value is -0.710. The number of halogens is 1. The molecule has 0 amide bonds. The molecule has 17 heavy (non-hydrogen) atoms. The van der Waals surface area contributed by atoms with Gasteiger partial charge in [-0.05, 0) is 26.1 Å². The molecule has 0 aliphatic heterocycles. The number of benzene rings is 1. The summed E-state index contributed by atoms with van der Waals surface area (Å²) in [7, 11) is 1.93. The fraction of sp³-hybridized carbons (Fsp3) is 0.462. The predicted octanol–water partition coefficient (Wildman–Crippen LogP) is 2.60. The van der Waals surface area contributed by atoms with E-state index in [9.17, 15) is 4.79 Å². The first-order valence-electron chi connectivity index (χ1n) is 5.68. The zero-order valence-corrected chi connectivity index (χ0v) is 11.9. The van der Waals surface area contributed by atoms with Crippen LogP contribution in [0.5, 0.6) is 0 Å². The summed E-state index contributed by atoms with van der Waals surface area (Å²) in [6, 6.07) is 7.47. The third-order valence-electron chi connectivity index (χ3n) is 2.38. The fourth-order valence-corrected chi connectivity index (χ4v) is 1.84. The molecule has 0 N–H and O–H groups in total. The van der Waals surface area contributed by atoms with E-state index >= 15 is 0 Å². The fourth-order valence-electron chi connectivity index (χ4n) is 1.44. The van der Waals surface area contributed by atoms with Crippen LogP contribution < -0.4 is 0 Å². The normalized spacial score (nSPS) is 10.8. The monoisotopic (exact) mass is 299 g/mol. The van der Waals surface area contributed by atoms with Gasteiger partial charge in [0.2, 0.25) is 0 Å². The molecular formula is C13H18BrNO2. The minimum absolute atomic E-state index is 0.130. The molecule has 1 aromatic rings. The van der Waals surface area contributed by atoms with Gasteiger partial charge >= 0.3 is 0 Å². The van der Waals surface area contributed by atoms with Crippen molar-refractivity contribution in [3.05, 3.63) is 34.3 Å². The quantitative estimate of drug-likeness (QED) is 0.572. The van der Waals surface area contributed by atoms with Gasteiger partial charge in [0.05, 0.1) is 13.2 Å². The maximum absolute atomic E-state index is 11.9. The SMILES string of the molecule is CCOCCN(C)CC(=O)c1cccc(Br)c1. The Morgan fingerprint density at radius 1 is 1.47 bits per heavy atom. The van der Waals surface area contributed by atoms with Gasteiger partial charge in [0.25, 0.3) is 0 Å².